The lowest BCUT2D eigenvalue weighted by molar-refractivity contribution is 0.200. The van der Waals surface area contributed by atoms with Gasteiger partial charge in [0.1, 0.15) is 17.9 Å². The Balaban J connectivity index is 1.60. The maximum atomic E-state index is 15.0. The molecule has 0 radical (unpaired) electrons. The van der Waals surface area contributed by atoms with E-state index in [1.165, 1.54) is 12.4 Å². The van der Waals surface area contributed by atoms with Crippen molar-refractivity contribution >= 4 is 17.6 Å². The summed E-state index contributed by atoms with van der Waals surface area (Å²) in [4.78, 5) is 13.5. The van der Waals surface area contributed by atoms with Gasteiger partial charge in [-0.3, -0.25) is 14.0 Å². The molecule has 4 aromatic rings. The quantitative estimate of drug-likeness (QED) is 0.485. The van der Waals surface area contributed by atoms with Crippen LogP contribution in [0.3, 0.4) is 0 Å². The monoisotopic (exact) mass is 464 g/mol. The first kappa shape index (κ1) is 20.5. The lowest BCUT2D eigenvalue weighted by Gasteiger charge is -2.23. The van der Waals surface area contributed by atoms with Crippen molar-refractivity contribution in [1.29, 1.82) is 0 Å². The zero-order chi connectivity index (χ0) is 23.6. The summed E-state index contributed by atoms with van der Waals surface area (Å²) in [5.41, 5.74) is 3.78. The molecular weight excluding hydrogens is 443 g/mol. The Morgan fingerprint density at radius 2 is 2.03 bits per heavy atom. The van der Waals surface area contributed by atoms with Crippen LogP contribution in [-0.4, -0.2) is 48.8 Å². The van der Waals surface area contributed by atoms with Gasteiger partial charge >= 0.3 is 6.09 Å². The zero-order valence-corrected chi connectivity index (χ0v) is 18.5. The lowest BCUT2D eigenvalue weighted by atomic mass is 9.95. The number of pyridine rings is 1. The number of amides is 1. The van der Waals surface area contributed by atoms with Crippen molar-refractivity contribution in [2.24, 2.45) is 7.05 Å². The van der Waals surface area contributed by atoms with E-state index in [9.17, 15) is 14.3 Å². The van der Waals surface area contributed by atoms with Gasteiger partial charge in [0, 0.05) is 23.7 Å². The predicted octanol–water partition coefficient (Wildman–Crippen LogP) is 3.38. The summed E-state index contributed by atoms with van der Waals surface area (Å²) >= 11 is 0. The number of hydrogen-bond donors (Lipinski definition) is 1. The second kappa shape index (κ2) is 7.44. The number of halogens is 1. The Kier molecular flexibility index (Phi) is 4.48. The molecule has 1 N–H and O–H groups in total. The highest BCUT2D eigenvalue weighted by atomic mass is 19.1. The van der Waals surface area contributed by atoms with Crippen LogP contribution < -0.4 is 14.4 Å². The van der Waals surface area contributed by atoms with Crippen LogP contribution in [0.4, 0.5) is 15.0 Å². The topological polar surface area (TPSA) is 107 Å². The summed E-state index contributed by atoms with van der Waals surface area (Å²) < 4.78 is 30.3. The molecule has 1 atom stereocenters. The molecule has 3 aromatic heterocycles. The summed E-state index contributed by atoms with van der Waals surface area (Å²) in [5, 5.41) is 23.0. The molecule has 1 aromatic carbocycles. The molecule has 174 valence electrons. The Hall–Kier alpha value is -4.15. The van der Waals surface area contributed by atoms with E-state index in [2.05, 4.69) is 15.3 Å². The maximum Gasteiger partial charge on any atom is 0.413 e. The second-order valence-corrected chi connectivity index (χ2v) is 8.39. The van der Waals surface area contributed by atoms with Gasteiger partial charge in [0.25, 0.3) is 0 Å². The molecule has 0 spiro atoms. The van der Waals surface area contributed by atoms with Gasteiger partial charge in [-0.1, -0.05) is 6.92 Å². The molecule has 0 fully saturated rings. The molecule has 1 amide bonds. The van der Waals surface area contributed by atoms with Gasteiger partial charge in [0.15, 0.2) is 17.2 Å². The van der Waals surface area contributed by atoms with E-state index in [1.807, 2.05) is 20.0 Å². The Morgan fingerprint density at radius 1 is 1.24 bits per heavy atom. The average molecular weight is 464 g/mol. The molecule has 5 heterocycles. The fraction of sp³-hybridized carbons (Fsp3) is 0.304. The normalized spacial score (nSPS) is 16.8. The van der Waals surface area contributed by atoms with Crippen LogP contribution in [0.15, 0.2) is 30.6 Å². The molecule has 0 saturated heterocycles. The van der Waals surface area contributed by atoms with Gasteiger partial charge in [0.2, 0.25) is 0 Å². The van der Waals surface area contributed by atoms with Crippen molar-refractivity contribution < 1.29 is 23.8 Å². The molecule has 34 heavy (non-hydrogen) atoms. The fourth-order valence-electron chi connectivity index (χ4n) is 4.80. The summed E-state index contributed by atoms with van der Waals surface area (Å²) in [6.45, 7) is 2.34. The number of carbonyl (C=O) groups is 1. The minimum absolute atomic E-state index is 0.197. The summed E-state index contributed by atoms with van der Waals surface area (Å²) in [5.74, 6) is 0.379. The fourth-order valence-corrected chi connectivity index (χ4v) is 4.80. The molecule has 0 aliphatic carbocycles. The Labute approximate surface area is 193 Å². The van der Waals surface area contributed by atoms with E-state index < -0.39 is 11.9 Å². The first-order valence-electron chi connectivity index (χ1n) is 10.9. The first-order chi connectivity index (χ1) is 16.5. The standard InChI is InChI=1S/C23H21FN6O4/c1-3-13-6-17(28(2)27-13)14-7-19-22(30-11-25-26-21(14)30)29(23(31)32)8-15-16(24)4-5-18-20(15)12(9-33-18)10-34-19/h4-7,11-12H,3,8-10H2,1-2H3,(H,31,32)/t12-/m0/s1. The van der Waals surface area contributed by atoms with Crippen molar-refractivity contribution in [2.75, 3.05) is 18.1 Å². The minimum atomic E-state index is -1.25. The number of aryl methyl sites for hydroxylation is 2. The van der Waals surface area contributed by atoms with Crippen molar-refractivity contribution in [3.63, 3.8) is 0 Å². The number of aromatic nitrogens is 5. The van der Waals surface area contributed by atoms with E-state index in [0.717, 1.165) is 22.7 Å². The summed E-state index contributed by atoms with van der Waals surface area (Å²) in [6.07, 6.45) is 0.945. The van der Waals surface area contributed by atoms with Gasteiger partial charge in [0.05, 0.1) is 37.1 Å². The molecular formula is C23H21FN6O4. The molecule has 0 saturated carbocycles. The lowest BCUT2D eigenvalue weighted by Crippen LogP contribution is -2.31. The number of benzene rings is 1. The van der Waals surface area contributed by atoms with Gasteiger partial charge in [-0.25, -0.2) is 9.18 Å². The maximum absolute atomic E-state index is 15.0. The van der Waals surface area contributed by atoms with Crippen molar-refractivity contribution in [3.8, 4) is 22.8 Å². The minimum Gasteiger partial charge on any atom is -0.493 e. The zero-order valence-electron chi connectivity index (χ0n) is 18.5. The molecule has 0 bridgehead atoms. The van der Waals surface area contributed by atoms with Crippen LogP contribution in [-0.2, 0) is 20.0 Å². The largest absolute Gasteiger partial charge is 0.493 e. The number of rotatable bonds is 2. The third-order valence-electron chi connectivity index (χ3n) is 6.43. The van der Waals surface area contributed by atoms with E-state index in [4.69, 9.17) is 9.47 Å². The van der Waals surface area contributed by atoms with Gasteiger partial charge in [-0.05, 0) is 30.7 Å². The van der Waals surface area contributed by atoms with Crippen LogP contribution in [0.2, 0.25) is 0 Å². The number of ether oxygens (including phenoxy) is 2. The molecule has 2 aliphatic heterocycles. The number of anilines is 1. The van der Waals surface area contributed by atoms with Crippen molar-refractivity contribution in [3.05, 3.63) is 53.2 Å². The van der Waals surface area contributed by atoms with Crippen LogP contribution in [0, 0.1) is 5.82 Å². The molecule has 11 heteroatoms. The number of nitrogens with zero attached hydrogens (tertiary/aromatic N) is 6. The Morgan fingerprint density at radius 3 is 2.76 bits per heavy atom. The van der Waals surface area contributed by atoms with Gasteiger partial charge in [-0.2, -0.15) is 5.10 Å². The number of hydrogen-bond acceptors (Lipinski definition) is 6. The molecule has 0 unspecified atom stereocenters. The summed E-state index contributed by atoms with van der Waals surface area (Å²) in [6, 6.07) is 6.60. The van der Waals surface area contributed by atoms with E-state index in [1.54, 1.807) is 21.2 Å². The smallest absolute Gasteiger partial charge is 0.413 e. The van der Waals surface area contributed by atoms with Crippen LogP contribution in [0.5, 0.6) is 11.5 Å². The first-order valence-corrected chi connectivity index (χ1v) is 10.9. The molecule has 6 rings (SSSR count). The molecule has 10 nitrogen and oxygen atoms in total. The van der Waals surface area contributed by atoms with E-state index in [0.29, 0.717) is 34.9 Å². The van der Waals surface area contributed by atoms with Crippen LogP contribution in [0.1, 0.15) is 29.7 Å². The van der Waals surface area contributed by atoms with Gasteiger partial charge < -0.3 is 14.6 Å². The molecule has 2 aliphatic rings. The number of carboxylic acid groups (broad SMARTS) is 1. The van der Waals surface area contributed by atoms with Crippen molar-refractivity contribution in [1.82, 2.24) is 24.4 Å². The average Bonchev–Trinajstić information content (AvgIpc) is 3.55. The SMILES string of the molecule is CCc1cc(-c2cc3c(n4cnnc24)N(C(=O)O)Cc2c(F)ccc4c2[C@@H](CO4)CO3)n(C)n1. The predicted molar refractivity (Wildman–Crippen MR) is 119 cm³/mol. The second-order valence-electron chi connectivity index (χ2n) is 8.39. The van der Waals surface area contributed by atoms with Crippen LogP contribution in [0.25, 0.3) is 16.9 Å². The Bertz CT molecular complexity index is 1460. The summed E-state index contributed by atoms with van der Waals surface area (Å²) in [7, 11) is 1.84. The third-order valence-corrected chi connectivity index (χ3v) is 6.43. The number of fused-ring (bicyclic) bond motifs is 3. The highest BCUT2D eigenvalue weighted by molar-refractivity contribution is 5.90. The highest BCUT2D eigenvalue weighted by Crippen LogP contribution is 2.43. The van der Waals surface area contributed by atoms with E-state index in [-0.39, 0.29) is 30.5 Å². The third kappa shape index (κ3) is 2.93. The van der Waals surface area contributed by atoms with Crippen LogP contribution >= 0.6 is 0 Å². The highest BCUT2D eigenvalue weighted by Gasteiger charge is 2.35. The van der Waals surface area contributed by atoms with Crippen molar-refractivity contribution in [2.45, 2.75) is 25.8 Å². The van der Waals surface area contributed by atoms with Gasteiger partial charge in [-0.15, -0.1) is 10.2 Å². The van der Waals surface area contributed by atoms with E-state index >= 15 is 0 Å².